The van der Waals surface area contributed by atoms with Gasteiger partial charge >= 0.3 is 0 Å². The van der Waals surface area contributed by atoms with Crippen LogP contribution in [0.5, 0.6) is 0 Å². The second-order valence-electron chi connectivity index (χ2n) is 2.75. The van der Waals surface area contributed by atoms with E-state index >= 15 is 0 Å². The van der Waals surface area contributed by atoms with E-state index in [-0.39, 0.29) is 0 Å². The maximum absolute atomic E-state index is 3.82. The third-order valence-electron chi connectivity index (χ3n) is 1.61. The predicted molar refractivity (Wildman–Crippen MR) is 44.9 cm³/mol. The Morgan fingerprint density at radius 3 is 2.20 bits per heavy atom. The second kappa shape index (κ2) is 2.84. The van der Waals surface area contributed by atoms with Crippen LogP contribution in [0, 0.1) is 0 Å². The number of hydrogen-bond acceptors (Lipinski definition) is 1. The molecule has 10 heavy (non-hydrogen) atoms. The quantitative estimate of drug-likeness (QED) is 0.528. The van der Waals surface area contributed by atoms with Crippen LogP contribution in [0.4, 0.5) is 0 Å². The minimum absolute atomic E-state index is 0.450. The number of likely N-dealkylation sites (N-methyl/N-ethyl adjacent to an activating group) is 1. The molecule has 0 unspecified atom stereocenters. The first-order valence-corrected chi connectivity index (χ1v) is 3.42. The SMILES string of the molecule is C=C1C=CC(N(C)C)C=C1. The van der Waals surface area contributed by atoms with Crippen molar-refractivity contribution in [3.05, 3.63) is 36.5 Å². The average Bonchev–Trinajstić information content (AvgIpc) is 1.88. The van der Waals surface area contributed by atoms with Gasteiger partial charge in [-0.15, -0.1) is 0 Å². The van der Waals surface area contributed by atoms with E-state index in [1.807, 2.05) is 12.2 Å². The van der Waals surface area contributed by atoms with Crippen molar-refractivity contribution in [2.45, 2.75) is 6.04 Å². The fourth-order valence-electron chi connectivity index (χ4n) is 0.908. The van der Waals surface area contributed by atoms with Crippen LogP contribution in [0.3, 0.4) is 0 Å². The van der Waals surface area contributed by atoms with Gasteiger partial charge in [0.2, 0.25) is 0 Å². The molecule has 1 aliphatic carbocycles. The highest BCUT2D eigenvalue weighted by molar-refractivity contribution is 5.34. The molecule has 0 amide bonds. The van der Waals surface area contributed by atoms with Gasteiger partial charge in [0.1, 0.15) is 0 Å². The minimum Gasteiger partial charge on any atom is -0.300 e. The van der Waals surface area contributed by atoms with Gasteiger partial charge in [-0.05, 0) is 19.7 Å². The Balaban J connectivity index is 2.62. The topological polar surface area (TPSA) is 3.24 Å². The molecule has 1 heteroatoms. The van der Waals surface area contributed by atoms with Crippen molar-refractivity contribution in [2.24, 2.45) is 0 Å². The molecule has 0 saturated carbocycles. The number of allylic oxidation sites excluding steroid dienone is 3. The van der Waals surface area contributed by atoms with E-state index in [2.05, 4.69) is 37.7 Å². The van der Waals surface area contributed by atoms with Crippen molar-refractivity contribution < 1.29 is 0 Å². The summed E-state index contributed by atoms with van der Waals surface area (Å²) in [5.41, 5.74) is 1.08. The van der Waals surface area contributed by atoms with Gasteiger partial charge in [-0.25, -0.2) is 0 Å². The third kappa shape index (κ3) is 1.58. The predicted octanol–water partition coefficient (Wildman–Crippen LogP) is 1.60. The average molecular weight is 135 g/mol. The van der Waals surface area contributed by atoms with E-state index in [1.165, 1.54) is 0 Å². The molecule has 0 heterocycles. The van der Waals surface area contributed by atoms with Crippen molar-refractivity contribution in [3.63, 3.8) is 0 Å². The molecule has 0 radical (unpaired) electrons. The Kier molecular flexibility index (Phi) is 2.07. The van der Waals surface area contributed by atoms with Crippen LogP contribution >= 0.6 is 0 Å². The Morgan fingerprint density at radius 2 is 1.80 bits per heavy atom. The fourth-order valence-corrected chi connectivity index (χ4v) is 0.908. The Hall–Kier alpha value is -0.820. The molecule has 54 valence electrons. The van der Waals surface area contributed by atoms with Crippen LogP contribution in [0.15, 0.2) is 36.5 Å². The summed E-state index contributed by atoms with van der Waals surface area (Å²) in [6.45, 7) is 3.82. The highest BCUT2D eigenvalue weighted by Crippen LogP contribution is 2.08. The summed E-state index contributed by atoms with van der Waals surface area (Å²) in [5.74, 6) is 0. The largest absolute Gasteiger partial charge is 0.300 e. The Morgan fingerprint density at radius 1 is 1.30 bits per heavy atom. The Bertz CT molecular complexity index is 171. The molecule has 1 rings (SSSR count). The van der Waals surface area contributed by atoms with Crippen molar-refractivity contribution >= 4 is 0 Å². The van der Waals surface area contributed by atoms with Gasteiger partial charge in [0.25, 0.3) is 0 Å². The molecule has 0 aromatic heterocycles. The smallest absolute Gasteiger partial charge is 0.0462 e. The fraction of sp³-hybridized carbons (Fsp3) is 0.333. The van der Waals surface area contributed by atoms with E-state index in [4.69, 9.17) is 0 Å². The van der Waals surface area contributed by atoms with E-state index in [9.17, 15) is 0 Å². The molecule has 0 saturated heterocycles. The van der Waals surface area contributed by atoms with Crippen molar-refractivity contribution in [3.8, 4) is 0 Å². The summed E-state index contributed by atoms with van der Waals surface area (Å²) < 4.78 is 0. The summed E-state index contributed by atoms with van der Waals surface area (Å²) in [4.78, 5) is 2.15. The number of hydrogen-bond donors (Lipinski definition) is 0. The molecule has 0 bridgehead atoms. The summed E-state index contributed by atoms with van der Waals surface area (Å²) in [6.07, 6.45) is 8.38. The van der Waals surface area contributed by atoms with E-state index in [1.54, 1.807) is 0 Å². The van der Waals surface area contributed by atoms with Crippen molar-refractivity contribution in [2.75, 3.05) is 14.1 Å². The monoisotopic (exact) mass is 135 g/mol. The molecule has 1 nitrogen and oxygen atoms in total. The lowest BCUT2D eigenvalue weighted by atomic mass is 10.1. The summed E-state index contributed by atoms with van der Waals surface area (Å²) >= 11 is 0. The third-order valence-corrected chi connectivity index (χ3v) is 1.61. The maximum Gasteiger partial charge on any atom is 0.0462 e. The molecule has 1 aliphatic rings. The molecular weight excluding hydrogens is 122 g/mol. The van der Waals surface area contributed by atoms with Crippen molar-refractivity contribution in [1.29, 1.82) is 0 Å². The lowest BCUT2D eigenvalue weighted by Gasteiger charge is -2.19. The lowest BCUT2D eigenvalue weighted by Crippen LogP contribution is -2.24. The minimum atomic E-state index is 0.450. The van der Waals surface area contributed by atoms with E-state index in [0.29, 0.717) is 6.04 Å². The highest BCUT2D eigenvalue weighted by Gasteiger charge is 2.04. The number of nitrogens with zero attached hydrogens (tertiary/aromatic N) is 1. The second-order valence-corrected chi connectivity index (χ2v) is 2.75. The summed E-state index contributed by atoms with van der Waals surface area (Å²) in [6, 6.07) is 0.450. The maximum atomic E-state index is 3.82. The zero-order valence-electron chi connectivity index (χ0n) is 6.54. The molecule has 0 N–H and O–H groups in total. The first kappa shape index (κ1) is 7.29. The van der Waals surface area contributed by atoms with Gasteiger partial charge < -0.3 is 0 Å². The van der Waals surface area contributed by atoms with Gasteiger partial charge in [-0.2, -0.15) is 0 Å². The van der Waals surface area contributed by atoms with E-state index in [0.717, 1.165) is 5.57 Å². The molecule has 0 aromatic carbocycles. The van der Waals surface area contributed by atoms with Crippen LogP contribution < -0.4 is 0 Å². The normalized spacial score (nSPS) is 18.9. The number of rotatable bonds is 1. The van der Waals surface area contributed by atoms with Gasteiger partial charge in [0.05, 0.1) is 0 Å². The van der Waals surface area contributed by atoms with Gasteiger partial charge in [-0.3, -0.25) is 4.90 Å². The van der Waals surface area contributed by atoms with Crippen LogP contribution in [0.1, 0.15) is 0 Å². The molecular formula is C9H13N. The first-order chi connectivity index (χ1) is 4.70. The van der Waals surface area contributed by atoms with Gasteiger partial charge in [0.15, 0.2) is 0 Å². The molecule has 0 atom stereocenters. The van der Waals surface area contributed by atoms with Gasteiger partial charge in [0, 0.05) is 6.04 Å². The molecule has 0 aromatic rings. The Labute approximate surface area is 62.3 Å². The zero-order chi connectivity index (χ0) is 7.56. The van der Waals surface area contributed by atoms with Crippen molar-refractivity contribution in [1.82, 2.24) is 4.90 Å². The van der Waals surface area contributed by atoms with Crippen LogP contribution in [-0.4, -0.2) is 25.0 Å². The van der Waals surface area contributed by atoms with Crippen LogP contribution in [-0.2, 0) is 0 Å². The summed E-state index contributed by atoms with van der Waals surface area (Å²) in [5, 5.41) is 0. The van der Waals surface area contributed by atoms with Gasteiger partial charge in [-0.1, -0.05) is 30.9 Å². The summed E-state index contributed by atoms with van der Waals surface area (Å²) in [7, 11) is 4.13. The zero-order valence-corrected chi connectivity index (χ0v) is 6.54. The molecule has 0 aliphatic heterocycles. The molecule has 0 spiro atoms. The lowest BCUT2D eigenvalue weighted by molar-refractivity contribution is 0.390. The van der Waals surface area contributed by atoms with Crippen LogP contribution in [0.25, 0.3) is 0 Å². The van der Waals surface area contributed by atoms with E-state index < -0.39 is 0 Å². The highest BCUT2D eigenvalue weighted by atomic mass is 15.1. The van der Waals surface area contributed by atoms with Crippen LogP contribution in [0.2, 0.25) is 0 Å². The first-order valence-electron chi connectivity index (χ1n) is 3.42. The standard InChI is InChI=1S/C9H13N/c1-8-4-6-9(7-5-8)10(2)3/h4-7,9H,1H2,2-3H3. The molecule has 0 fully saturated rings.